The van der Waals surface area contributed by atoms with Crippen LogP contribution < -0.4 is 25.4 Å². The number of anilines is 1. The SMILES string of the molecule is COc1ccc([C@@H]2NC(=S)NC(C)=C2C(=O)Nc2ccccc2C)c(OC)c1. The number of rotatable bonds is 5. The van der Waals surface area contributed by atoms with E-state index in [0.29, 0.717) is 27.9 Å². The van der Waals surface area contributed by atoms with E-state index in [4.69, 9.17) is 21.7 Å². The topological polar surface area (TPSA) is 71.6 Å². The summed E-state index contributed by atoms with van der Waals surface area (Å²) in [7, 11) is 3.18. The standard InChI is InChI=1S/C21H23N3O3S/c1-12-7-5-6-8-16(12)23-20(25)18-13(2)22-21(28)24-19(18)15-10-9-14(26-3)11-17(15)27-4/h5-11,19H,1-4H3,(H,23,25)(H2,22,24,28)/t19-/m0/s1. The summed E-state index contributed by atoms with van der Waals surface area (Å²) in [6.07, 6.45) is 0. The molecule has 0 bridgehead atoms. The number of thiocarbonyl (C=S) groups is 1. The Labute approximate surface area is 169 Å². The highest BCUT2D eigenvalue weighted by Crippen LogP contribution is 2.35. The first-order chi connectivity index (χ1) is 13.4. The Hall–Kier alpha value is -3.06. The highest BCUT2D eigenvalue weighted by molar-refractivity contribution is 7.80. The molecule has 2 aromatic rings. The molecule has 0 saturated heterocycles. The molecule has 0 fully saturated rings. The molecule has 28 heavy (non-hydrogen) atoms. The Morgan fingerprint density at radius 2 is 1.86 bits per heavy atom. The van der Waals surface area contributed by atoms with Gasteiger partial charge in [-0.2, -0.15) is 0 Å². The molecule has 146 valence electrons. The number of hydrogen-bond donors (Lipinski definition) is 3. The Morgan fingerprint density at radius 1 is 1.11 bits per heavy atom. The van der Waals surface area contributed by atoms with Gasteiger partial charge in [0.1, 0.15) is 11.5 Å². The summed E-state index contributed by atoms with van der Waals surface area (Å²) in [6.45, 7) is 3.79. The van der Waals surface area contributed by atoms with Gasteiger partial charge in [0.15, 0.2) is 5.11 Å². The van der Waals surface area contributed by atoms with E-state index in [1.165, 1.54) is 0 Å². The molecule has 3 rings (SSSR count). The first kappa shape index (κ1) is 19.7. The number of methoxy groups -OCH3 is 2. The number of hydrogen-bond acceptors (Lipinski definition) is 4. The Bertz CT molecular complexity index is 956. The van der Waals surface area contributed by atoms with Gasteiger partial charge >= 0.3 is 0 Å². The van der Waals surface area contributed by atoms with Crippen LogP contribution in [0.2, 0.25) is 0 Å². The van der Waals surface area contributed by atoms with Gasteiger partial charge in [-0.1, -0.05) is 18.2 Å². The Balaban J connectivity index is 2.02. The van der Waals surface area contributed by atoms with E-state index >= 15 is 0 Å². The third-order valence-electron chi connectivity index (χ3n) is 4.66. The van der Waals surface area contributed by atoms with Crippen molar-refractivity contribution in [1.82, 2.24) is 10.6 Å². The molecule has 0 aromatic heterocycles. The molecule has 1 atom stereocenters. The Kier molecular flexibility index (Phi) is 5.84. The minimum atomic E-state index is -0.460. The van der Waals surface area contributed by atoms with Gasteiger partial charge in [-0.15, -0.1) is 0 Å². The fourth-order valence-corrected chi connectivity index (χ4v) is 3.46. The summed E-state index contributed by atoms with van der Waals surface area (Å²) in [5.41, 5.74) is 3.78. The number of allylic oxidation sites excluding steroid dienone is 1. The van der Waals surface area contributed by atoms with Crippen molar-refractivity contribution in [3.05, 3.63) is 64.9 Å². The fraction of sp³-hybridized carbons (Fsp3) is 0.238. The van der Waals surface area contributed by atoms with Gasteiger partial charge < -0.3 is 25.4 Å². The van der Waals surface area contributed by atoms with Crippen molar-refractivity contribution in [1.29, 1.82) is 0 Å². The number of nitrogens with one attached hydrogen (secondary N) is 3. The van der Waals surface area contributed by atoms with Gasteiger partial charge in [-0.05, 0) is 49.8 Å². The van der Waals surface area contributed by atoms with Crippen molar-refractivity contribution >= 4 is 28.9 Å². The zero-order valence-electron chi connectivity index (χ0n) is 16.3. The van der Waals surface area contributed by atoms with Crippen LogP contribution in [0.15, 0.2) is 53.7 Å². The fourth-order valence-electron chi connectivity index (χ4n) is 3.19. The lowest BCUT2D eigenvalue weighted by Crippen LogP contribution is -2.45. The number of benzene rings is 2. The number of aryl methyl sites for hydroxylation is 1. The van der Waals surface area contributed by atoms with Crippen LogP contribution in [0.1, 0.15) is 24.1 Å². The zero-order valence-corrected chi connectivity index (χ0v) is 17.1. The van der Waals surface area contributed by atoms with E-state index < -0.39 is 6.04 Å². The molecule has 6 nitrogen and oxygen atoms in total. The zero-order chi connectivity index (χ0) is 20.3. The van der Waals surface area contributed by atoms with Crippen LogP contribution in [0.25, 0.3) is 0 Å². The summed E-state index contributed by atoms with van der Waals surface area (Å²) in [6, 6.07) is 12.7. The lowest BCUT2D eigenvalue weighted by atomic mass is 9.94. The van der Waals surface area contributed by atoms with Gasteiger partial charge in [-0.3, -0.25) is 4.79 Å². The van der Waals surface area contributed by atoms with Crippen molar-refractivity contribution in [3.63, 3.8) is 0 Å². The van der Waals surface area contributed by atoms with Crippen molar-refractivity contribution < 1.29 is 14.3 Å². The maximum absolute atomic E-state index is 13.2. The predicted octanol–water partition coefficient (Wildman–Crippen LogP) is 3.44. The first-order valence-electron chi connectivity index (χ1n) is 8.81. The summed E-state index contributed by atoms with van der Waals surface area (Å²) in [4.78, 5) is 13.2. The third kappa shape index (κ3) is 3.94. The highest BCUT2D eigenvalue weighted by Gasteiger charge is 2.32. The number of ether oxygens (including phenoxy) is 2. The molecule has 1 amide bonds. The van der Waals surface area contributed by atoms with Gasteiger partial charge in [-0.25, -0.2) is 0 Å². The molecule has 0 saturated carbocycles. The van der Waals surface area contributed by atoms with Crippen LogP contribution in [0.3, 0.4) is 0 Å². The largest absolute Gasteiger partial charge is 0.497 e. The number of amides is 1. The van der Waals surface area contributed by atoms with Crippen LogP contribution in [0, 0.1) is 6.92 Å². The maximum atomic E-state index is 13.2. The van der Waals surface area contributed by atoms with E-state index in [2.05, 4.69) is 16.0 Å². The van der Waals surface area contributed by atoms with Crippen molar-refractivity contribution in [3.8, 4) is 11.5 Å². The van der Waals surface area contributed by atoms with E-state index in [1.54, 1.807) is 20.3 Å². The van der Waals surface area contributed by atoms with Gasteiger partial charge in [0.2, 0.25) is 0 Å². The second-order valence-electron chi connectivity index (χ2n) is 6.45. The average Bonchev–Trinajstić information content (AvgIpc) is 2.68. The molecule has 1 aliphatic heterocycles. The minimum Gasteiger partial charge on any atom is -0.497 e. The normalized spacial score (nSPS) is 16.1. The minimum absolute atomic E-state index is 0.211. The first-order valence-corrected chi connectivity index (χ1v) is 9.22. The summed E-state index contributed by atoms with van der Waals surface area (Å²) < 4.78 is 10.8. The predicted molar refractivity (Wildman–Crippen MR) is 114 cm³/mol. The monoisotopic (exact) mass is 397 g/mol. The van der Waals surface area contributed by atoms with Gasteiger partial charge in [0, 0.05) is 23.0 Å². The molecule has 0 aliphatic carbocycles. The molecule has 0 spiro atoms. The molecule has 2 aromatic carbocycles. The van der Waals surface area contributed by atoms with Gasteiger partial charge in [0.25, 0.3) is 5.91 Å². The van der Waals surface area contributed by atoms with Crippen LogP contribution in [0.5, 0.6) is 11.5 Å². The summed E-state index contributed by atoms with van der Waals surface area (Å²) >= 11 is 5.32. The lowest BCUT2D eigenvalue weighted by molar-refractivity contribution is -0.113. The number of carbonyl (C=O) groups is 1. The van der Waals surface area contributed by atoms with E-state index in [1.807, 2.05) is 50.2 Å². The molecule has 1 heterocycles. The van der Waals surface area contributed by atoms with E-state index in [9.17, 15) is 4.79 Å². The molecule has 1 aliphatic rings. The van der Waals surface area contributed by atoms with E-state index in [0.717, 1.165) is 16.8 Å². The van der Waals surface area contributed by atoms with Crippen molar-refractivity contribution in [2.45, 2.75) is 19.9 Å². The van der Waals surface area contributed by atoms with Crippen molar-refractivity contribution in [2.24, 2.45) is 0 Å². The van der Waals surface area contributed by atoms with Crippen LogP contribution in [0.4, 0.5) is 5.69 Å². The number of para-hydroxylation sites is 1. The summed E-state index contributed by atoms with van der Waals surface area (Å²) in [5.74, 6) is 1.07. The quantitative estimate of drug-likeness (QED) is 0.672. The van der Waals surface area contributed by atoms with Crippen LogP contribution >= 0.6 is 12.2 Å². The number of carbonyl (C=O) groups excluding carboxylic acids is 1. The second-order valence-corrected chi connectivity index (χ2v) is 6.86. The summed E-state index contributed by atoms with van der Waals surface area (Å²) in [5, 5.41) is 9.68. The van der Waals surface area contributed by atoms with E-state index in [-0.39, 0.29) is 5.91 Å². The van der Waals surface area contributed by atoms with Crippen molar-refractivity contribution in [2.75, 3.05) is 19.5 Å². The molecule has 7 heteroatoms. The molecular formula is C21H23N3O3S. The second kappa shape index (κ2) is 8.31. The van der Waals surface area contributed by atoms with Crippen LogP contribution in [-0.4, -0.2) is 25.2 Å². The maximum Gasteiger partial charge on any atom is 0.255 e. The lowest BCUT2D eigenvalue weighted by Gasteiger charge is -2.31. The third-order valence-corrected chi connectivity index (χ3v) is 4.88. The Morgan fingerprint density at radius 3 is 2.54 bits per heavy atom. The highest BCUT2D eigenvalue weighted by atomic mass is 32.1. The smallest absolute Gasteiger partial charge is 0.255 e. The molecule has 0 radical (unpaired) electrons. The van der Waals surface area contributed by atoms with Gasteiger partial charge in [0.05, 0.1) is 25.8 Å². The molecule has 0 unspecified atom stereocenters. The average molecular weight is 398 g/mol. The molecule has 3 N–H and O–H groups in total. The van der Waals surface area contributed by atoms with Crippen LogP contribution in [-0.2, 0) is 4.79 Å². The molecular weight excluding hydrogens is 374 g/mol.